The minimum Gasteiger partial charge on any atom is -0.375 e. The van der Waals surface area contributed by atoms with E-state index in [2.05, 4.69) is 58.8 Å². The normalized spacial score (nSPS) is 16.0. The Hall–Kier alpha value is -2.10. The van der Waals surface area contributed by atoms with Crippen LogP contribution in [0.3, 0.4) is 0 Å². The van der Waals surface area contributed by atoms with Gasteiger partial charge in [0.1, 0.15) is 0 Å². The molecule has 1 aliphatic rings. The van der Waals surface area contributed by atoms with E-state index in [4.69, 9.17) is 4.99 Å². The van der Waals surface area contributed by atoms with Gasteiger partial charge in [-0.05, 0) is 50.5 Å². The third kappa shape index (κ3) is 7.83. The van der Waals surface area contributed by atoms with Crippen molar-refractivity contribution >= 4 is 41.4 Å². The average molecular weight is 540 g/mol. The van der Waals surface area contributed by atoms with Crippen LogP contribution in [0.1, 0.15) is 26.2 Å². The summed E-state index contributed by atoms with van der Waals surface area (Å²) in [4.78, 5) is 13.2. The second-order valence-corrected chi connectivity index (χ2v) is 7.61. The van der Waals surface area contributed by atoms with Crippen LogP contribution in [0, 0.1) is 5.82 Å². The summed E-state index contributed by atoms with van der Waals surface area (Å²) < 4.78 is 14.0. The van der Waals surface area contributed by atoms with Crippen LogP contribution in [0.4, 0.5) is 15.9 Å². The van der Waals surface area contributed by atoms with E-state index < -0.39 is 0 Å². The number of rotatable bonds is 9. The highest BCUT2D eigenvalue weighted by Gasteiger charge is 2.25. The van der Waals surface area contributed by atoms with E-state index in [0.717, 1.165) is 57.9 Å². The molecule has 0 spiro atoms. The predicted octanol–water partition coefficient (Wildman–Crippen LogP) is 3.89. The third-order valence-electron chi connectivity index (χ3n) is 5.28. The Morgan fingerprint density at radius 3 is 2.77 bits per heavy atom. The fourth-order valence-corrected chi connectivity index (χ4v) is 3.66. The second kappa shape index (κ2) is 13.3. The summed E-state index contributed by atoms with van der Waals surface area (Å²) in [5.41, 5.74) is 1.24. The van der Waals surface area contributed by atoms with Crippen molar-refractivity contribution in [1.29, 1.82) is 0 Å². The molecule has 0 bridgehead atoms. The number of nitrogens with one attached hydrogen (secondary N) is 2. The molecular weight excluding hydrogens is 506 g/mol. The number of hydrogen-bond acceptors (Lipinski definition) is 4. The molecular formula is C23H34FIN6. The summed E-state index contributed by atoms with van der Waals surface area (Å²) in [6.45, 7) is 6.18. The van der Waals surface area contributed by atoms with E-state index in [-0.39, 0.29) is 35.8 Å². The van der Waals surface area contributed by atoms with Crippen molar-refractivity contribution in [3.63, 3.8) is 0 Å². The SMILES string of the molecule is CCNC(=NCCCCN(C)c1ccccc1)NC1CCN(c2ncccc2F)C1.I. The molecule has 1 unspecified atom stereocenters. The van der Waals surface area contributed by atoms with E-state index in [1.54, 1.807) is 12.3 Å². The number of pyridine rings is 1. The summed E-state index contributed by atoms with van der Waals surface area (Å²) in [7, 11) is 2.13. The third-order valence-corrected chi connectivity index (χ3v) is 5.28. The molecule has 3 rings (SSSR count). The van der Waals surface area contributed by atoms with E-state index in [1.165, 1.54) is 11.8 Å². The van der Waals surface area contributed by atoms with Gasteiger partial charge in [-0.3, -0.25) is 4.99 Å². The second-order valence-electron chi connectivity index (χ2n) is 7.61. The molecule has 31 heavy (non-hydrogen) atoms. The first-order valence-electron chi connectivity index (χ1n) is 10.8. The topological polar surface area (TPSA) is 55.8 Å². The van der Waals surface area contributed by atoms with Crippen molar-refractivity contribution in [3.8, 4) is 0 Å². The minimum absolute atomic E-state index is 0. The molecule has 170 valence electrons. The van der Waals surface area contributed by atoms with Crippen molar-refractivity contribution in [1.82, 2.24) is 15.6 Å². The summed E-state index contributed by atoms with van der Waals surface area (Å²) in [6, 6.07) is 13.8. The van der Waals surface area contributed by atoms with Gasteiger partial charge in [-0.25, -0.2) is 9.37 Å². The number of hydrogen-bond donors (Lipinski definition) is 2. The van der Waals surface area contributed by atoms with Gasteiger partial charge in [0.05, 0.1) is 0 Å². The highest BCUT2D eigenvalue weighted by molar-refractivity contribution is 14.0. The summed E-state index contributed by atoms with van der Waals surface area (Å²) in [5, 5.41) is 6.82. The van der Waals surface area contributed by atoms with Gasteiger partial charge in [0.2, 0.25) is 0 Å². The standard InChI is InChI=1S/C23H33FN6.HI/c1-3-25-23(27-14-7-8-16-29(2)20-10-5-4-6-11-20)28-19-13-17-30(18-19)22-21(24)12-9-15-26-22;/h4-6,9-12,15,19H,3,7-8,13-14,16-18H2,1-2H3,(H2,25,27,28);1H. The Morgan fingerprint density at radius 1 is 1.23 bits per heavy atom. The lowest BCUT2D eigenvalue weighted by Gasteiger charge is -2.20. The fourth-order valence-electron chi connectivity index (χ4n) is 3.66. The van der Waals surface area contributed by atoms with Gasteiger partial charge in [0, 0.05) is 57.7 Å². The smallest absolute Gasteiger partial charge is 0.191 e. The first-order chi connectivity index (χ1) is 14.7. The zero-order valence-corrected chi connectivity index (χ0v) is 20.8. The Kier molecular flexibility index (Phi) is 10.8. The maximum Gasteiger partial charge on any atom is 0.191 e. The van der Waals surface area contributed by atoms with E-state index >= 15 is 0 Å². The molecule has 1 fully saturated rings. The highest BCUT2D eigenvalue weighted by atomic mass is 127. The van der Waals surface area contributed by atoms with Crippen LogP contribution in [0.15, 0.2) is 53.7 Å². The molecule has 2 N–H and O–H groups in total. The van der Waals surface area contributed by atoms with E-state index in [1.807, 2.05) is 11.0 Å². The molecule has 6 nitrogen and oxygen atoms in total. The first-order valence-corrected chi connectivity index (χ1v) is 10.8. The zero-order chi connectivity index (χ0) is 21.2. The van der Waals surface area contributed by atoms with Crippen LogP contribution in [-0.2, 0) is 0 Å². The van der Waals surface area contributed by atoms with Gasteiger partial charge >= 0.3 is 0 Å². The van der Waals surface area contributed by atoms with Crippen LogP contribution in [0.25, 0.3) is 0 Å². The van der Waals surface area contributed by atoms with Gasteiger partial charge in [-0.15, -0.1) is 24.0 Å². The molecule has 8 heteroatoms. The van der Waals surface area contributed by atoms with Gasteiger partial charge in [0.25, 0.3) is 0 Å². The minimum atomic E-state index is -0.265. The monoisotopic (exact) mass is 540 g/mol. The summed E-state index contributed by atoms with van der Waals surface area (Å²) in [5.74, 6) is 1.01. The van der Waals surface area contributed by atoms with Crippen LogP contribution >= 0.6 is 24.0 Å². The Bertz CT molecular complexity index is 804. The molecule has 1 atom stereocenters. The molecule has 2 aromatic rings. The summed E-state index contributed by atoms with van der Waals surface area (Å²) in [6.07, 6.45) is 4.69. The number of para-hydroxylation sites is 1. The number of benzene rings is 1. The Balaban J connectivity index is 0.00000341. The van der Waals surface area contributed by atoms with Crippen molar-refractivity contribution in [2.45, 2.75) is 32.2 Å². The largest absolute Gasteiger partial charge is 0.375 e. The predicted molar refractivity (Wildman–Crippen MR) is 138 cm³/mol. The van der Waals surface area contributed by atoms with Crippen LogP contribution < -0.4 is 20.4 Å². The van der Waals surface area contributed by atoms with Crippen molar-refractivity contribution in [2.24, 2.45) is 4.99 Å². The number of nitrogens with zero attached hydrogens (tertiary/aromatic N) is 4. The summed E-state index contributed by atoms with van der Waals surface area (Å²) >= 11 is 0. The Morgan fingerprint density at radius 2 is 2.03 bits per heavy atom. The van der Waals surface area contributed by atoms with E-state index in [0.29, 0.717) is 5.82 Å². The average Bonchev–Trinajstić information content (AvgIpc) is 3.22. The van der Waals surface area contributed by atoms with Gasteiger partial charge in [-0.2, -0.15) is 0 Å². The molecule has 2 heterocycles. The van der Waals surface area contributed by atoms with Gasteiger partial charge < -0.3 is 20.4 Å². The van der Waals surface area contributed by atoms with Crippen molar-refractivity contribution < 1.29 is 4.39 Å². The molecule has 0 amide bonds. The number of aromatic nitrogens is 1. The molecule has 1 aromatic carbocycles. The number of anilines is 2. The fraction of sp³-hybridized carbons (Fsp3) is 0.478. The first kappa shape index (κ1) is 25.2. The Labute approximate surface area is 202 Å². The molecule has 0 saturated carbocycles. The lowest BCUT2D eigenvalue weighted by Crippen LogP contribution is -2.44. The number of guanidine groups is 1. The number of aliphatic imine (C=N–C) groups is 1. The van der Waals surface area contributed by atoms with Crippen molar-refractivity contribution in [2.75, 3.05) is 49.6 Å². The van der Waals surface area contributed by atoms with Crippen LogP contribution in [0.5, 0.6) is 0 Å². The van der Waals surface area contributed by atoms with E-state index in [9.17, 15) is 4.39 Å². The zero-order valence-electron chi connectivity index (χ0n) is 18.4. The molecule has 0 radical (unpaired) electrons. The number of halogens is 2. The molecule has 1 aromatic heterocycles. The molecule has 0 aliphatic carbocycles. The van der Waals surface area contributed by atoms with Crippen LogP contribution in [-0.4, -0.2) is 56.8 Å². The van der Waals surface area contributed by atoms with Gasteiger partial charge in [0.15, 0.2) is 17.6 Å². The molecule has 1 saturated heterocycles. The quantitative estimate of drug-likeness (QED) is 0.219. The molecule has 1 aliphatic heterocycles. The van der Waals surface area contributed by atoms with Crippen LogP contribution in [0.2, 0.25) is 0 Å². The maximum atomic E-state index is 14.0. The maximum absolute atomic E-state index is 14.0. The van der Waals surface area contributed by atoms with Gasteiger partial charge in [-0.1, -0.05) is 18.2 Å². The lowest BCUT2D eigenvalue weighted by molar-refractivity contribution is 0.612. The van der Waals surface area contributed by atoms with Crippen molar-refractivity contribution in [3.05, 3.63) is 54.5 Å². The lowest BCUT2D eigenvalue weighted by atomic mass is 10.2. The highest BCUT2D eigenvalue weighted by Crippen LogP contribution is 2.20. The number of unbranched alkanes of at least 4 members (excludes halogenated alkanes) is 1.